The number of rotatable bonds is 2. The van der Waals surface area contributed by atoms with E-state index >= 15 is 0 Å². The third-order valence-corrected chi connectivity index (χ3v) is 3.84. The molecular formula is C18H24N6O6. The van der Waals surface area contributed by atoms with E-state index in [-0.39, 0.29) is 0 Å². The molecule has 12 heteroatoms. The second-order valence-electron chi connectivity index (χ2n) is 6.29. The first-order chi connectivity index (χ1) is 14.4. The molecule has 12 nitrogen and oxygen atoms in total. The average Bonchev–Trinajstić information content (AvgIpc) is 3.39. The predicted octanol–water partition coefficient (Wildman–Crippen LogP) is 0.665. The summed E-state index contributed by atoms with van der Waals surface area (Å²) in [5.74, 6) is -0.961. The fourth-order valence-corrected chi connectivity index (χ4v) is 2.47. The predicted molar refractivity (Wildman–Crippen MR) is 104 cm³/mol. The molecule has 0 spiro atoms. The number of hydrogen-bond donors (Lipinski definition) is 4. The molecule has 4 rings (SSSR count). The first kappa shape index (κ1) is 22.9. The van der Waals surface area contributed by atoms with Crippen LogP contribution in [0.5, 0.6) is 0 Å². The minimum atomic E-state index is -1.82. The normalized spacial score (nSPS) is 15.5. The molecule has 2 aliphatic rings. The van der Waals surface area contributed by atoms with Gasteiger partial charge in [-0.2, -0.15) is 9.97 Å². The van der Waals surface area contributed by atoms with Gasteiger partial charge in [0, 0.05) is 24.2 Å². The number of aromatic nitrogens is 4. The Labute approximate surface area is 172 Å². The Kier molecular flexibility index (Phi) is 8.84. The van der Waals surface area contributed by atoms with E-state index in [9.17, 15) is 0 Å². The second kappa shape index (κ2) is 11.6. The summed E-state index contributed by atoms with van der Waals surface area (Å²) >= 11 is 0. The third-order valence-electron chi connectivity index (χ3n) is 3.84. The van der Waals surface area contributed by atoms with Gasteiger partial charge in [0.25, 0.3) is 11.8 Å². The fourth-order valence-electron chi connectivity index (χ4n) is 2.47. The highest BCUT2D eigenvalue weighted by Gasteiger charge is 2.12. The molecule has 0 fully saturated rings. The van der Waals surface area contributed by atoms with Crippen LogP contribution in [0.15, 0.2) is 21.2 Å². The molecule has 2 aromatic heterocycles. The SMILES string of the molecule is Cc1noc(C2=CCCNC2)n1.Cc1noc(C2=CCCNC2)n1.O=C(O)C(=O)O. The lowest BCUT2D eigenvalue weighted by molar-refractivity contribution is -0.159. The number of aryl methyl sites for hydroxylation is 2. The molecular weight excluding hydrogens is 396 g/mol. The van der Waals surface area contributed by atoms with E-state index in [1.54, 1.807) is 0 Å². The molecule has 162 valence electrons. The number of carbonyl (C=O) groups is 2. The molecule has 2 aliphatic heterocycles. The van der Waals surface area contributed by atoms with Crippen LogP contribution in [-0.4, -0.2) is 68.6 Å². The second-order valence-corrected chi connectivity index (χ2v) is 6.29. The minimum absolute atomic E-state index is 0.653. The van der Waals surface area contributed by atoms with Gasteiger partial charge in [-0.1, -0.05) is 22.5 Å². The molecule has 0 bridgehead atoms. The van der Waals surface area contributed by atoms with E-state index < -0.39 is 11.9 Å². The quantitative estimate of drug-likeness (QED) is 0.500. The summed E-state index contributed by atoms with van der Waals surface area (Å²) in [5, 5.41) is 28.7. The molecule has 30 heavy (non-hydrogen) atoms. The Morgan fingerprint density at radius 3 is 1.47 bits per heavy atom. The van der Waals surface area contributed by atoms with Gasteiger partial charge in [0.05, 0.1) is 0 Å². The lowest BCUT2D eigenvalue weighted by atomic mass is 10.1. The Morgan fingerprint density at radius 2 is 1.23 bits per heavy atom. The summed E-state index contributed by atoms with van der Waals surface area (Å²) in [7, 11) is 0. The zero-order chi connectivity index (χ0) is 21.9. The van der Waals surface area contributed by atoms with E-state index in [0.717, 1.165) is 50.2 Å². The molecule has 0 saturated carbocycles. The smallest absolute Gasteiger partial charge is 0.414 e. The van der Waals surface area contributed by atoms with E-state index in [0.29, 0.717) is 23.4 Å². The van der Waals surface area contributed by atoms with Gasteiger partial charge in [-0.25, -0.2) is 9.59 Å². The molecule has 0 aliphatic carbocycles. The molecule has 0 atom stereocenters. The maximum Gasteiger partial charge on any atom is 0.414 e. The van der Waals surface area contributed by atoms with Crippen molar-refractivity contribution in [2.24, 2.45) is 0 Å². The van der Waals surface area contributed by atoms with Crippen molar-refractivity contribution in [2.45, 2.75) is 26.7 Å². The number of aliphatic carboxylic acids is 2. The van der Waals surface area contributed by atoms with Crippen LogP contribution in [0.25, 0.3) is 11.1 Å². The highest BCUT2D eigenvalue weighted by atomic mass is 16.5. The van der Waals surface area contributed by atoms with Crippen LogP contribution in [0.1, 0.15) is 36.3 Å². The first-order valence-electron chi connectivity index (χ1n) is 9.24. The molecule has 0 unspecified atom stereocenters. The van der Waals surface area contributed by atoms with Crippen molar-refractivity contribution in [1.29, 1.82) is 0 Å². The van der Waals surface area contributed by atoms with Gasteiger partial charge in [0.2, 0.25) is 0 Å². The zero-order valence-electron chi connectivity index (χ0n) is 16.7. The van der Waals surface area contributed by atoms with Gasteiger partial charge in [0.15, 0.2) is 11.6 Å². The van der Waals surface area contributed by atoms with Gasteiger partial charge in [-0.15, -0.1) is 0 Å². The van der Waals surface area contributed by atoms with Crippen LogP contribution in [0.2, 0.25) is 0 Å². The summed E-state index contributed by atoms with van der Waals surface area (Å²) in [4.78, 5) is 26.5. The van der Waals surface area contributed by atoms with Crippen molar-refractivity contribution in [3.05, 3.63) is 35.6 Å². The molecule has 0 amide bonds. The largest absolute Gasteiger partial charge is 0.473 e. The Hall–Kier alpha value is -3.38. The van der Waals surface area contributed by atoms with E-state index in [1.165, 1.54) is 0 Å². The van der Waals surface area contributed by atoms with E-state index in [1.807, 2.05) is 13.8 Å². The zero-order valence-corrected chi connectivity index (χ0v) is 16.7. The van der Waals surface area contributed by atoms with E-state index in [2.05, 4.69) is 43.1 Å². The summed E-state index contributed by atoms with van der Waals surface area (Å²) in [6, 6.07) is 0. The Bertz CT molecular complexity index is 842. The molecule has 0 radical (unpaired) electrons. The monoisotopic (exact) mass is 420 g/mol. The number of carboxylic acids is 2. The van der Waals surface area contributed by atoms with Crippen molar-refractivity contribution in [1.82, 2.24) is 30.9 Å². The van der Waals surface area contributed by atoms with Crippen molar-refractivity contribution in [2.75, 3.05) is 26.2 Å². The highest BCUT2D eigenvalue weighted by Crippen LogP contribution is 2.14. The average molecular weight is 420 g/mol. The maximum absolute atomic E-state index is 9.10. The molecule has 4 N–H and O–H groups in total. The summed E-state index contributed by atoms with van der Waals surface area (Å²) < 4.78 is 10.1. The lowest BCUT2D eigenvalue weighted by Gasteiger charge is -2.09. The summed E-state index contributed by atoms with van der Waals surface area (Å²) in [6.45, 7) is 7.39. The minimum Gasteiger partial charge on any atom is -0.473 e. The molecule has 4 heterocycles. The molecule has 2 aromatic rings. The van der Waals surface area contributed by atoms with Crippen molar-refractivity contribution < 1.29 is 28.8 Å². The maximum atomic E-state index is 9.10. The van der Waals surface area contributed by atoms with Crippen LogP contribution in [0.4, 0.5) is 0 Å². The Balaban J connectivity index is 0.000000171. The first-order valence-corrected chi connectivity index (χ1v) is 9.24. The van der Waals surface area contributed by atoms with Crippen LogP contribution in [-0.2, 0) is 9.59 Å². The number of hydrogen-bond acceptors (Lipinski definition) is 10. The highest BCUT2D eigenvalue weighted by molar-refractivity contribution is 6.27. The molecule has 0 saturated heterocycles. The standard InChI is InChI=1S/2C8H11N3O.C2H2O4/c2*1-6-10-8(12-11-6)7-3-2-4-9-5-7;3-1(4)2(5)6/h2*3,9H,2,4-5H2,1H3;(H,3,4)(H,5,6). The van der Waals surface area contributed by atoms with Gasteiger partial charge in [0.1, 0.15) is 0 Å². The fraction of sp³-hybridized carbons (Fsp3) is 0.444. The van der Waals surface area contributed by atoms with Gasteiger partial charge >= 0.3 is 11.9 Å². The summed E-state index contributed by atoms with van der Waals surface area (Å²) in [6.07, 6.45) is 6.36. The van der Waals surface area contributed by atoms with Gasteiger partial charge in [-0.3, -0.25) is 0 Å². The molecule has 0 aromatic carbocycles. The van der Waals surface area contributed by atoms with E-state index in [4.69, 9.17) is 28.8 Å². The van der Waals surface area contributed by atoms with Crippen molar-refractivity contribution in [3.63, 3.8) is 0 Å². The van der Waals surface area contributed by atoms with Crippen LogP contribution >= 0.6 is 0 Å². The summed E-state index contributed by atoms with van der Waals surface area (Å²) in [5.41, 5.74) is 2.23. The van der Waals surface area contributed by atoms with Crippen molar-refractivity contribution >= 4 is 23.1 Å². The topological polar surface area (TPSA) is 176 Å². The van der Waals surface area contributed by atoms with Crippen molar-refractivity contribution in [3.8, 4) is 0 Å². The number of nitrogens with one attached hydrogen (secondary N) is 2. The lowest BCUT2D eigenvalue weighted by Crippen LogP contribution is -2.21. The van der Waals surface area contributed by atoms with Crippen LogP contribution in [0, 0.1) is 13.8 Å². The van der Waals surface area contributed by atoms with Crippen LogP contribution < -0.4 is 10.6 Å². The number of carboxylic acid groups (broad SMARTS) is 2. The van der Waals surface area contributed by atoms with Crippen LogP contribution in [0.3, 0.4) is 0 Å². The number of nitrogens with zero attached hydrogens (tertiary/aromatic N) is 4. The van der Waals surface area contributed by atoms with Gasteiger partial charge in [-0.05, 0) is 39.8 Å². The third kappa shape index (κ3) is 7.56. The van der Waals surface area contributed by atoms with Gasteiger partial charge < -0.3 is 29.9 Å². The Morgan fingerprint density at radius 1 is 0.833 bits per heavy atom.